The van der Waals surface area contributed by atoms with Gasteiger partial charge in [0.2, 0.25) is 5.78 Å². The fourth-order valence-electron chi connectivity index (χ4n) is 2.78. The molecule has 0 saturated carbocycles. The number of halogens is 4. The Bertz CT molecular complexity index is 1180. The van der Waals surface area contributed by atoms with Gasteiger partial charge in [-0.15, -0.1) is 18.3 Å². The minimum Gasteiger partial charge on any atom is -0.463 e. The molecule has 0 atom stereocenters. The van der Waals surface area contributed by atoms with Crippen LogP contribution < -0.4 is 4.74 Å². The number of alkyl halides is 3. The number of nitrogens with zero attached hydrogens (tertiary/aromatic N) is 3. The summed E-state index contributed by atoms with van der Waals surface area (Å²) in [4.78, 5) is 35.9. The second kappa shape index (κ2) is 9.30. The number of carbonyl (C=O) groups is 3. The molecule has 0 spiro atoms. The molecule has 32 heavy (non-hydrogen) atoms. The Morgan fingerprint density at radius 3 is 2.41 bits per heavy atom. The molecule has 0 aliphatic carbocycles. The lowest BCUT2D eigenvalue weighted by molar-refractivity contribution is -0.274. The first kappa shape index (κ1) is 23.1. The maximum atomic E-state index is 12.7. The number of Topliss-reactive ketones (excluding diaryl/α,β-unsaturated/α-hetero) is 2. The zero-order chi connectivity index (χ0) is 23.5. The largest absolute Gasteiger partial charge is 0.573 e. The SMILES string of the molecule is COC(=O)C(=O)CC(=O)c1ccc(Br)cc1-n1nncc1-c1ccc(OC(F)(F)F)cc1. The summed E-state index contributed by atoms with van der Waals surface area (Å²) >= 11 is 3.30. The van der Waals surface area contributed by atoms with Crippen LogP contribution in [0, 0.1) is 0 Å². The smallest absolute Gasteiger partial charge is 0.463 e. The van der Waals surface area contributed by atoms with E-state index < -0.39 is 36.1 Å². The molecule has 3 aromatic rings. The number of aromatic nitrogens is 3. The van der Waals surface area contributed by atoms with E-state index in [1.807, 2.05) is 0 Å². The third kappa shape index (κ3) is 5.38. The van der Waals surface area contributed by atoms with Crippen molar-refractivity contribution in [3.8, 4) is 22.7 Å². The highest BCUT2D eigenvalue weighted by molar-refractivity contribution is 9.10. The molecule has 0 N–H and O–H groups in total. The molecule has 0 radical (unpaired) electrons. The second-order valence-electron chi connectivity index (χ2n) is 6.28. The van der Waals surface area contributed by atoms with E-state index in [0.717, 1.165) is 19.2 Å². The number of methoxy groups -OCH3 is 1. The van der Waals surface area contributed by atoms with Crippen molar-refractivity contribution in [2.75, 3.05) is 7.11 Å². The minimum absolute atomic E-state index is 0.0780. The quantitative estimate of drug-likeness (QED) is 0.205. The molecule has 0 aliphatic rings. The summed E-state index contributed by atoms with van der Waals surface area (Å²) in [6.45, 7) is 0. The number of ketones is 2. The van der Waals surface area contributed by atoms with Crippen LogP contribution in [0.5, 0.6) is 5.75 Å². The van der Waals surface area contributed by atoms with Crippen molar-refractivity contribution in [3.05, 3.63) is 58.7 Å². The van der Waals surface area contributed by atoms with Gasteiger partial charge in [-0.25, -0.2) is 9.48 Å². The highest BCUT2D eigenvalue weighted by atomic mass is 79.9. The van der Waals surface area contributed by atoms with Crippen molar-refractivity contribution in [1.82, 2.24) is 15.0 Å². The van der Waals surface area contributed by atoms with Gasteiger partial charge in [-0.2, -0.15) is 0 Å². The monoisotopic (exact) mass is 511 g/mol. The summed E-state index contributed by atoms with van der Waals surface area (Å²) in [7, 11) is 1.03. The Labute approximate surface area is 187 Å². The van der Waals surface area contributed by atoms with Crippen molar-refractivity contribution in [3.63, 3.8) is 0 Å². The van der Waals surface area contributed by atoms with Gasteiger partial charge in [0.25, 0.3) is 0 Å². The highest BCUT2D eigenvalue weighted by Gasteiger charge is 2.31. The van der Waals surface area contributed by atoms with Gasteiger partial charge in [-0.05, 0) is 42.5 Å². The van der Waals surface area contributed by atoms with Gasteiger partial charge in [0.15, 0.2) is 5.78 Å². The molecule has 0 bridgehead atoms. The fraction of sp³-hybridized carbons (Fsp3) is 0.150. The van der Waals surface area contributed by atoms with E-state index in [-0.39, 0.29) is 11.3 Å². The van der Waals surface area contributed by atoms with Gasteiger partial charge in [0.05, 0.1) is 31.1 Å². The summed E-state index contributed by atoms with van der Waals surface area (Å²) < 4.78 is 47.2. The second-order valence-corrected chi connectivity index (χ2v) is 7.20. The molecule has 8 nitrogen and oxygen atoms in total. The van der Waals surface area contributed by atoms with Crippen LogP contribution in [0.4, 0.5) is 13.2 Å². The van der Waals surface area contributed by atoms with Gasteiger partial charge in [-0.3, -0.25) is 9.59 Å². The van der Waals surface area contributed by atoms with Crippen LogP contribution in [0.15, 0.2) is 53.1 Å². The van der Waals surface area contributed by atoms with Gasteiger partial charge in [0.1, 0.15) is 5.75 Å². The molecular formula is C20H13BrF3N3O5. The standard InChI is InChI=1S/C20H13BrF3N3O5/c1-31-19(30)18(29)9-17(28)14-7-4-12(21)8-15(14)27-16(10-25-26-27)11-2-5-13(6-3-11)32-20(22,23)24/h2-8,10H,9H2,1H3. The van der Waals surface area contributed by atoms with Gasteiger partial charge >= 0.3 is 12.3 Å². The van der Waals surface area contributed by atoms with E-state index in [2.05, 4.69) is 35.7 Å². The minimum atomic E-state index is -4.82. The van der Waals surface area contributed by atoms with Crippen molar-refractivity contribution in [2.24, 2.45) is 0 Å². The first-order chi connectivity index (χ1) is 15.1. The number of benzene rings is 2. The van der Waals surface area contributed by atoms with E-state index in [1.165, 1.54) is 29.1 Å². The van der Waals surface area contributed by atoms with Gasteiger partial charge in [0, 0.05) is 15.6 Å². The number of ether oxygens (including phenoxy) is 2. The average molecular weight is 512 g/mol. The van der Waals surface area contributed by atoms with Crippen molar-refractivity contribution in [2.45, 2.75) is 12.8 Å². The first-order valence-electron chi connectivity index (χ1n) is 8.80. The summed E-state index contributed by atoms with van der Waals surface area (Å²) in [6, 6.07) is 9.56. The molecule has 1 aromatic heterocycles. The molecule has 0 aliphatic heterocycles. The lowest BCUT2D eigenvalue weighted by Crippen LogP contribution is -2.20. The maximum Gasteiger partial charge on any atom is 0.573 e. The van der Waals surface area contributed by atoms with Crippen LogP contribution in [0.25, 0.3) is 16.9 Å². The number of hydrogen-bond acceptors (Lipinski definition) is 7. The molecule has 0 unspecified atom stereocenters. The molecule has 12 heteroatoms. The van der Waals surface area contributed by atoms with Gasteiger partial charge in [-0.1, -0.05) is 21.1 Å². The molecular weight excluding hydrogens is 499 g/mol. The summed E-state index contributed by atoms with van der Waals surface area (Å²) in [5.74, 6) is -3.21. The third-order valence-electron chi connectivity index (χ3n) is 4.16. The Morgan fingerprint density at radius 1 is 1.09 bits per heavy atom. The van der Waals surface area contributed by atoms with E-state index in [0.29, 0.717) is 15.7 Å². The van der Waals surface area contributed by atoms with Crippen LogP contribution in [-0.2, 0) is 14.3 Å². The predicted molar refractivity (Wildman–Crippen MR) is 107 cm³/mol. The molecule has 0 amide bonds. The Balaban J connectivity index is 1.98. The van der Waals surface area contributed by atoms with Crippen molar-refractivity contribution < 1.29 is 37.0 Å². The van der Waals surface area contributed by atoms with Crippen LogP contribution in [0.3, 0.4) is 0 Å². The average Bonchev–Trinajstić information content (AvgIpc) is 3.22. The summed E-state index contributed by atoms with van der Waals surface area (Å²) in [5.41, 5.74) is 1.11. The van der Waals surface area contributed by atoms with Crippen LogP contribution in [0.2, 0.25) is 0 Å². The Hall–Kier alpha value is -3.54. The van der Waals surface area contributed by atoms with Crippen LogP contribution in [-0.4, -0.2) is 46.0 Å². The molecule has 3 rings (SSSR count). The van der Waals surface area contributed by atoms with E-state index in [1.54, 1.807) is 12.1 Å². The third-order valence-corrected chi connectivity index (χ3v) is 4.65. The zero-order valence-electron chi connectivity index (χ0n) is 16.2. The van der Waals surface area contributed by atoms with Crippen LogP contribution >= 0.6 is 15.9 Å². The number of rotatable bonds is 7. The molecule has 166 valence electrons. The Morgan fingerprint density at radius 2 is 1.78 bits per heavy atom. The zero-order valence-corrected chi connectivity index (χ0v) is 17.8. The fourth-order valence-corrected chi connectivity index (χ4v) is 3.13. The van der Waals surface area contributed by atoms with E-state index in [4.69, 9.17) is 0 Å². The molecule has 0 fully saturated rings. The predicted octanol–water partition coefficient (Wildman–Crippen LogP) is 3.91. The molecule has 1 heterocycles. The maximum absolute atomic E-state index is 12.7. The molecule has 0 saturated heterocycles. The number of esters is 1. The Kier molecular flexibility index (Phi) is 6.72. The van der Waals surface area contributed by atoms with E-state index in [9.17, 15) is 27.6 Å². The van der Waals surface area contributed by atoms with Crippen molar-refractivity contribution >= 4 is 33.5 Å². The normalized spacial score (nSPS) is 11.2. The lowest BCUT2D eigenvalue weighted by atomic mass is 10.0. The lowest BCUT2D eigenvalue weighted by Gasteiger charge is -2.12. The van der Waals surface area contributed by atoms with E-state index >= 15 is 0 Å². The topological polar surface area (TPSA) is 100 Å². The summed E-state index contributed by atoms with van der Waals surface area (Å²) in [6.07, 6.45) is -4.18. The first-order valence-corrected chi connectivity index (χ1v) is 9.59. The van der Waals surface area contributed by atoms with Crippen LogP contribution in [0.1, 0.15) is 16.8 Å². The van der Waals surface area contributed by atoms with Gasteiger partial charge < -0.3 is 9.47 Å². The molecule has 2 aromatic carbocycles. The highest BCUT2D eigenvalue weighted by Crippen LogP contribution is 2.29. The number of hydrogen-bond donors (Lipinski definition) is 0. The van der Waals surface area contributed by atoms with Crippen molar-refractivity contribution in [1.29, 1.82) is 0 Å². The number of carbonyl (C=O) groups excluding carboxylic acids is 3. The summed E-state index contributed by atoms with van der Waals surface area (Å²) in [5, 5.41) is 7.79.